The van der Waals surface area contributed by atoms with Crippen molar-refractivity contribution in [2.45, 2.75) is 52.2 Å². The molecule has 0 bridgehead atoms. The maximum Gasteiger partial charge on any atom is 0.124 e. The van der Waals surface area contributed by atoms with Gasteiger partial charge in [-0.05, 0) is 36.7 Å². The van der Waals surface area contributed by atoms with Crippen LogP contribution in [0.2, 0.25) is 0 Å². The third-order valence-electron chi connectivity index (χ3n) is 4.03. The van der Waals surface area contributed by atoms with Gasteiger partial charge in [-0.2, -0.15) is 0 Å². The van der Waals surface area contributed by atoms with Crippen LogP contribution in [-0.4, -0.2) is 6.54 Å². The van der Waals surface area contributed by atoms with Crippen LogP contribution in [0.5, 0.6) is 5.75 Å². The van der Waals surface area contributed by atoms with Crippen LogP contribution in [0.15, 0.2) is 53.0 Å². The van der Waals surface area contributed by atoms with E-state index in [1.165, 1.54) is 43.2 Å². The van der Waals surface area contributed by atoms with E-state index in [2.05, 4.69) is 46.4 Å². The maximum absolute atomic E-state index is 6.03. The molecule has 1 N–H and O–H groups in total. The van der Waals surface area contributed by atoms with Gasteiger partial charge in [-0.15, -0.1) is 12.4 Å². The van der Waals surface area contributed by atoms with E-state index in [0.717, 1.165) is 23.3 Å². The van der Waals surface area contributed by atoms with Crippen LogP contribution in [0, 0.1) is 0 Å². The Hall–Kier alpha value is -1.03. The Balaban J connectivity index is 0.00000312. The number of halogens is 2. The molecule has 0 aliphatic heterocycles. The molecule has 0 aliphatic rings. The summed E-state index contributed by atoms with van der Waals surface area (Å²) in [6.07, 6.45) is 6.56. The van der Waals surface area contributed by atoms with Crippen LogP contribution in [0.4, 0.5) is 0 Å². The summed E-state index contributed by atoms with van der Waals surface area (Å²) in [4.78, 5) is 0. The van der Waals surface area contributed by atoms with Crippen molar-refractivity contribution in [3.8, 4) is 5.75 Å². The van der Waals surface area contributed by atoms with E-state index in [0.29, 0.717) is 6.61 Å². The van der Waals surface area contributed by atoms with Gasteiger partial charge in [0, 0.05) is 16.6 Å². The number of hydrogen-bond donors (Lipinski definition) is 1. The highest BCUT2D eigenvalue weighted by Gasteiger charge is 2.05. The highest BCUT2D eigenvalue weighted by molar-refractivity contribution is 9.10. The largest absolute Gasteiger partial charge is 0.489 e. The third-order valence-corrected chi connectivity index (χ3v) is 4.53. The lowest BCUT2D eigenvalue weighted by atomic mass is 10.1. The summed E-state index contributed by atoms with van der Waals surface area (Å²) in [6.45, 7) is 4.76. The van der Waals surface area contributed by atoms with Gasteiger partial charge in [0.1, 0.15) is 12.4 Å². The Morgan fingerprint density at radius 3 is 2.48 bits per heavy atom. The van der Waals surface area contributed by atoms with Gasteiger partial charge in [0.2, 0.25) is 0 Å². The van der Waals surface area contributed by atoms with E-state index in [9.17, 15) is 0 Å². The van der Waals surface area contributed by atoms with Crippen molar-refractivity contribution in [2.75, 3.05) is 6.54 Å². The van der Waals surface area contributed by atoms with Crippen molar-refractivity contribution in [3.63, 3.8) is 0 Å². The van der Waals surface area contributed by atoms with Crippen molar-refractivity contribution in [2.24, 2.45) is 0 Å². The smallest absolute Gasteiger partial charge is 0.124 e. The van der Waals surface area contributed by atoms with E-state index in [4.69, 9.17) is 4.74 Å². The first-order valence-electron chi connectivity index (χ1n) is 8.95. The van der Waals surface area contributed by atoms with Gasteiger partial charge in [0.05, 0.1) is 0 Å². The molecule has 0 radical (unpaired) electrons. The molecule has 0 aliphatic carbocycles. The second-order valence-corrected chi connectivity index (χ2v) is 7.03. The molecule has 4 heteroatoms. The molecule has 2 aromatic carbocycles. The van der Waals surface area contributed by atoms with Crippen molar-refractivity contribution in [1.82, 2.24) is 5.32 Å². The molecule has 25 heavy (non-hydrogen) atoms. The van der Waals surface area contributed by atoms with Crippen molar-refractivity contribution < 1.29 is 4.74 Å². The molecule has 2 aromatic rings. The Morgan fingerprint density at radius 1 is 0.960 bits per heavy atom. The van der Waals surface area contributed by atoms with Crippen LogP contribution >= 0.6 is 28.3 Å². The summed E-state index contributed by atoms with van der Waals surface area (Å²) < 4.78 is 7.12. The molecule has 2 nitrogen and oxygen atoms in total. The number of nitrogens with one attached hydrogen (secondary N) is 1. The van der Waals surface area contributed by atoms with Gasteiger partial charge >= 0.3 is 0 Å². The minimum atomic E-state index is 0. The van der Waals surface area contributed by atoms with Gasteiger partial charge in [0.25, 0.3) is 0 Å². The van der Waals surface area contributed by atoms with Crippen molar-refractivity contribution >= 4 is 28.3 Å². The van der Waals surface area contributed by atoms with Crippen LogP contribution in [0.3, 0.4) is 0 Å². The SMILES string of the molecule is CCCCCCCNCc1cc(Br)ccc1OCc1ccccc1.Cl. The fourth-order valence-electron chi connectivity index (χ4n) is 2.64. The second-order valence-electron chi connectivity index (χ2n) is 6.12. The zero-order chi connectivity index (χ0) is 17.0. The summed E-state index contributed by atoms with van der Waals surface area (Å²) in [7, 11) is 0. The average molecular weight is 427 g/mol. The van der Waals surface area contributed by atoms with Crippen LogP contribution in [-0.2, 0) is 13.2 Å². The minimum absolute atomic E-state index is 0. The molecule has 2 rings (SSSR count). The number of rotatable bonds is 11. The van der Waals surface area contributed by atoms with E-state index < -0.39 is 0 Å². The Kier molecular flexibility index (Phi) is 11.6. The lowest BCUT2D eigenvalue weighted by Gasteiger charge is -2.13. The minimum Gasteiger partial charge on any atom is -0.489 e. The molecule has 0 aromatic heterocycles. The lowest BCUT2D eigenvalue weighted by Crippen LogP contribution is -2.15. The van der Waals surface area contributed by atoms with Gasteiger partial charge < -0.3 is 10.1 Å². The molecule has 0 saturated carbocycles. The number of unbranched alkanes of at least 4 members (excludes halogenated alkanes) is 4. The first-order valence-corrected chi connectivity index (χ1v) is 9.74. The van der Waals surface area contributed by atoms with E-state index in [-0.39, 0.29) is 12.4 Å². The molecule has 0 unspecified atom stereocenters. The standard InChI is InChI=1S/C21H28BrNO.ClH/c1-2-3-4-5-9-14-23-16-19-15-20(22)12-13-21(19)24-17-18-10-7-6-8-11-18;/h6-8,10-13,15,23H,2-5,9,14,16-17H2,1H3;1H. The van der Waals surface area contributed by atoms with E-state index >= 15 is 0 Å². The number of benzene rings is 2. The molecule has 0 saturated heterocycles. The predicted molar refractivity (Wildman–Crippen MR) is 113 cm³/mol. The fraction of sp³-hybridized carbons (Fsp3) is 0.429. The summed E-state index contributed by atoms with van der Waals surface area (Å²) >= 11 is 3.56. The van der Waals surface area contributed by atoms with Crippen LogP contribution < -0.4 is 10.1 Å². The first kappa shape index (κ1) is 22.0. The zero-order valence-electron chi connectivity index (χ0n) is 15.0. The van der Waals surface area contributed by atoms with Gasteiger partial charge in [-0.1, -0.05) is 78.9 Å². The average Bonchev–Trinajstić information content (AvgIpc) is 2.61. The molecule has 0 heterocycles. The maximum atomic E-state index is 6.03. The normalized spacial score (nSPS) is 10.3. The second kappa shape index (κ2) is 13.2. The molecule has 0 spiro atoms. The third kappa shape index (κ3) is 8.75. The van der Waals surface area contributed by atoms with Crippen molar-refractivity contribution in [3.05, 3.63) is 64.1 Å². The van der Waals surface area contributed by atoms with E-state index in [1.54, 1.807) is 0 Å². The number of hydrogen-bond acceptors (Lipinski definition) is 2. The molecular weight excluding hydrogens is 398 g/mol. The molecule has 138 valence electrons. The summed E-state index contributed by atoms with van der Waals surface area (Å²) in [5.74, 6) is 0.959. The quantitative estimate of drug-likeness (QED) is 0.413. The fourth-order valence-corrected chi connectivity index (χ4v) is 3.05. The summed E-state index contributed by atoms with van der Waals surface area (Å²) in [5.41, 5.74) is 2.39. The highest BCUT2D eigenvalue weighted by atomic mass is 79.9. The molecule has 0 atom stereocenters. The summed E-state index contributed by atoms with van der Waals surface area (Å²) in [6, 6.07) is 16.5. The van der Waals surface area contributed by atoms with Gasteiger partial charge in [-0.25, -0.2) is 0 Å². The first-order chi connectivity index (χ1) is 11.8. The Bertz CT molecular complexity index is 592. The van der Waals surface area contributed by atoms with Crippen LogP contribution in [0.1, 0.15) is 50.2 Å². The molecule has 0 fully saturated rings. The molecular formula is C21H29BrClNO. The monoisotopic (exact) mass is 425 g/mol. The zero-order valence-corrected chi connectivity index (χ0v) is 17.4. The topological polar surface area (TPSA) is 21.3 Å². The lowest BCUT2D eigenvalue weighted by molar-refractivity contribution is 0.302. The summed E-state index contributed by atoms with van der Waals surface area (Å²) in [5, 5.41) is 3.54. The van der Waals surface area contributed by atoms with Gasteiger partial charge in [0.15, 0.2) is 0 Å². The highest BCUT2D eigenvalue weighted by Crippen LogP contribution is 2.24. The molecule has 0 amide bonds. The van der Waals surface area contributed by atoms with E-state index in [1.807, 2.05) is 30.3 Å². The number of ether oxygens (including phenoxy) is 1. The van der Waals surface area contributed by atoms with Crippen molar-refractivity contribution in [1.29, 1.82) is 0 Å². The predicted octanol–water partition coefficient (Wildman–Crippen LogP) is 6.51. The van der Waals surface area contributed by atoms with Gasteiger partial charge in [-0.3, -0.25) is 0 Å². The Labute approximate surface area is 166 Å². The van der Waals surface area contributed by atoms with Crippen LogP contribution in [0.25, 0.3) is 0 Å². The Morgan fingerprint density at radius 2 is 1.72 bits per heavy atom.